The first kappa shape index (κ1) is 33.5. The summed E-state index contributed by atoms with van der Waals surface area (Å²) in [6.45, 7) is 2.48. The molecule has 2 amide bonds. The van der Waals surface area contributed by atoms with Crippen LogP contribution in [0.4, 0.5) is 18.9 Å². The lowest BCUT2D eigenvalue weighted by molar-refractivity contribution is -0.140. The van der Waals surface area contributed by atoms with Gasteiger partial charge in [-0.3, -0.25) is 13.9 Å². The number of rotatable bonds is 11. The molecule has 0 aliphatic rings. The molecule has 0 saturated heterocycles. The van der Waals surface area contributed by atoms with E-state index in [-0.39, 0.29) is 29.4 Å². The minimum Gasteiger partial charge on any atom is -0.355 e. The van der Waals surface area contributed by atoms with Gasteiger partial charge in [-0.25, -0.2) is 8.42 Å². The van der Waals surface area contributed by atoms with Crippen LogP contribution in [0.3, 0.4) is 0 Å². The van der Waals surface area contributed by atoms with E-state index in [1.165, 1.54) is 36.4 Å². The van der Waals surface area contributed by atoms with Crippen LogP contribution in [0.25, 0.3) is 0 Å². The molecule has 0 spiro atoms. The molecule has 0 saturated carbocycles. The van der Waals surface area contributed by atoms with Crippen LogP contribution in [0.15, 0.2) is 71.6 Å². The zero-order chi connectivity index (χ0) is 31.2. The third-order valence-electron chi connectivity index (χ3n) is 6.25. The summed E-state index contributed by atoms with van der Waals surface area (Å²) in [7, 11) is -4.58. The number of nitrogens with zero attached hydrogens (tertiary/aromatic N) is 2. The number of nitrogens with one attached hydrogen (secondary N) is 1. The van der Waals surface area contributed by atoms with E-state index in [0.29, 0.717) is 21.0 Å². The molecule has 3 rings (SSSR count). The third kappa shape index (κ3) is 7.89. The first-order valence-corrected chi connectivity index (χ1v) is 15.2. The highest BCUT2D eigenvalue weighted by atomic mass is 35.5. The average Bonchev–Trinajstić information content (AvgIpc) is 2.93. The van der Waals surface area contributed by atoms with Crippen LogP contribution in [0, 0.1) is 0 Å². The van der Waals surface area contributed by atoms with Gasteiger partial charge in [-0.15, -0.1) is 0 Å². The molecular formula is C28H27Cl3F3N3O4S. The number of amides is 2. The van der Waals surface area contributed by atoms with E-state index in [1.54, 1.807) is 26.0 Å². The Morgan fingerprint density at radius 1 is 0.929 bits per heavy atom. The summed E-state index contributed by atoms with van der Waals surface area (Å²) in [5.41, 5.74) is -1.30. The van der Waals surface area contributed by atoms with Crippen molar-refractivity contribution in [2.45, 2.75) is 43.9 Å². The first-order valence-electron chi connectivity index (χ1n) is 12.7. The van der Waals surface area contributed by atoms with Crippen LogP contribution >= 0.6 is 34.8 Å². The fourth-order valence-corrected chi connectivity index (χ4v) is 6.30. The number of hydrogen-bond acceptors (Lipinski definition) is 4. The van der Waals surface area contributed by atoms with Gasteiger partial charge in [-0.1, -0.05) is 66.0 Å². The molecule has 0 heterocycles. The van der Waals surface area contributed by atoms with Crippen molar-refractivity contribution in [2.24, 2.45) is 0 Å². The Balaban J connectivity index is 2.16. The van der Waals surface area contributed by atoms with Gasteiger partial charge in [-0.2, -0.15) is 13.2 Å². The lowest BCUT2D eigenvalue weighted by Crippen LogP contribution is -2.52. The lowest BCUT2D eigenvalue weighted by atomic mass is 10.1. The second-order valence-corrected chi connectivity index (χ2v) is 12.2. The number of halogens is 6. The summed E-state index contributed by atoms with van der Waals surface area (Å²) in [6.07, 6.45) is -4.75. The molecule has 0 aliphatic carbocycles. The molecule has 3 aromatic carbocycles. The summed E-state index contributed by atoms with van der Waals surface area (Å²) in [5.74, 6) is -1.36. The molecule has 0 bridgehead atoms. The van der Waals surface area contributed by atoms with Crippen molar-refractivity contribution in [3.8, 4) is 0 Å². The van der Waals surface area contributed by atoms with E-state index in [0.717, 1.165) is 17.0 Å². The van der Waals surface area contributed by atoms with Crippen LogP contribution < -0.4 is 9.62 Å². The molecule has 7 nitrogen and oxygen atoms in total. The molecule has 0 radical (unpaired) electrons. The Labute approximate surface area is 257 Å². The van der Waals surface area contributed by atoms with Crippen LogP contribution in [-0.2, 0) is 32.3 Å². The molecule has 3 aromatic rings. The van der Waals surface area contributed by atoms with Crippen molar-refractivity contribution in [2.75, 3.05) is 17.4 Å². The summed E-state index contributed by atoms with van der Waals surface area (Å²) >= 11 is 18.1. The number of likely N-dealkylation sites (N-methyl/N-ethyl adjacent to an activating group) is 1. The number of anilines is 1. The van der Waals surface area contributed by atoms with Gasteiger partial charge in [0, 0.05) is 23.1 Å². The predicted octanol–water partition coefficient (Wildman–Crippen LogP) is 6.80. The van der Waals surface area contributed by atoms with E-state index in [1.807, 2.05) is 0 Å². The Bertz CT molecular complexity index is 1540. The monoisotopic (exact) mass is 663 g/mol. The molecule has 42 heavy (non-hydrogen) atoms. The van der Waals surface area contributed by atoms with E-state index in [9.17, 15) is 31.2 Å². The average molecular weight is 665 g/mol. The van der Waals surface area contributed by atoms with Crippen molar-refractivity contribution in [3.63, 3.8) is 0 Å². The highest BCUT2D eigenvalue weighted by Crippen LogP contribution is 2.38. The standard InChI is InChI=1S/C28H27Cl3F3N3O4S/c1-3-25(27(39)35-4-2)36(16-18-10-11-19(29)14-24(18)31)26(38)17-37(42(40,41)21-8-6-5-7-9-21)20-12-13-23(30)22(15-20)28(32,33)34/h5-15,25H,3-4,16-17H2,1-2H3,(H,35,39). The zero-order valence-electron chi connectivity index (χ0n) is 22.5. The second kappa shape index (κ2) is 14.0. The fraction of sp³-hybridized carbons (Fsp3) is 0.286. The molecule has 1 atom stereocenters. The molecule has 0 aromatic heterocycles. The maximum Gasteiger partial charge on any atom is 0.417 e. The van der Waals surface area contributed by atoms with Gasteiger partial charge in [0.15, 0.2) is 0 Å². The van der Waals surface area contributed by atoms with Gasteiger partial charge < -0.3 is 10.2 Å². The van der Waals surface area contributed by atoms with Crippen LogP contribution in [0.5, 0.6) is 0 Å². The Morgan fingerprint density at radius 2 is 1.60 bits per heavy atom. The highest BCUT2D eigenvalue weighted by molar-refractivity contribution is 7.92. The van der Waals surface area contributed by atoms with E-state index in [4.69, 9.17) is 34.8 Å². The van der Waals surface area contributed by atoms with Crippen LogP contribution in [0.1, 0.15) is 31.4 Å². The molecule has 14 heteroatoms. The minimum absolute atomic E-state index is 0.146. The number of hydrogen-bond donors (Lipinski definition) is 1. The zero-order valence-corrected chi connectivity index (χ0v) is 25.5. The molecule has 1 unspecified atom stereocenters. The van der Waals surface area contributed by atoms with Crippen molar-refractivity contribution < 1.29 is 31.2 Å². The summed E-state index contributed by atoms with van der Waals surface area (Å²) < 4.78 is 69.3. The first-order chi connectivity index (χ1) is 19.7. The van der Waals surface area contributed by atoms with Crippen molar-refractivity contribution >= 4 is 62.3 Å². The maximum atomic E-state index is 14.0. The molecule has 0 aliphatic heterocycles. The van der Waals surface area contributed by atoms with Gasteiger partial charge in [0.1, 0.15) is 12.6 Å². The third-order valence-corrected chi connectivity index (χ3v) is 8.95. The largest absolute Gasteiger partial charge is 0.417 e. The number of carbonyl (C=O) groups is 2. The van der Waals surface area contributed by atoms with E-state index < -0.39 is 56.9 Å². The van der Waals surface area contributed by atoms with Crippen molar-refractivity contribution in [3.05, 3.63) is 92.9 Å². The molecule has 226 valence electrons. The van der Waals surface area contributed by atoms with Gasteiger partial charge in [-0.05, 0) is 61.4 Å². The number of carbonyl (C=O) groups excluding carboxylic acids is 2. The molecule has 0 fully saturated rings. The normalized spacial score (nSPS) is 12.5. The summed E-state index contributed by atoms with van der Waals surface area (Å²) in [5, 5.41) is 2.55. The van der Waals surface area contributed by atoms with E-state index in [2.05, 4.69) is 5.32 Å². The molecular weight excluding hydrogens is 638 g/mol. The molecule has 1 N–H and O–H groups in total. The topological polar surface area (TPSA) is 86.8 Å². The van der Waals surface area contributed by atoms with Crippen molar-refractivity contribution in [1.82, 2.24) is 10.2 Å². The van der Waals surface area contributed by atoms with Gasteiger partial charge >= 0.3 is 6.18 Å². The predicted molar refractivity (Wildman–Crippen MR) is 157 cm³/mol. The SMILES string of the molecule is CCNC(=O)C(CC)N(Cc1ccc(Cl)cc1Cl)C(=O)CN(c1ccc(Cl)c(C(F)(F)F)c1)S(=O)(=O)c1ccccc1. The lowest BCUT2D eigenvalue weighted by Gasteiger charge is -2.33. The maximum absolute atomic E-state index is 14.0. The minimum atomic E-state index is -4.90. The number of sulfonamides is 1. The fourth-order valence-electron chi connectivity index (χ4n) is 4.18. The summed E-state index contributed by atoms with van der Waals surface area (Å²) in [6, 6.07) is 13.0. The number of alkyl halides is 3. The number of benzene rings is 3. The highest BCUT2D eigenvalue weighted by Gasteiger charge is 2.37. The summed E-state index contributed by atoms with van der Waals surface area (Å²) in [4.78, 5) is 27.8. The second-order valence-electron chi connectivity index (χ2n) is 9.06. The van der Waals surface area contributed by atoms with Crippen molar-refractivity contribution in [1.29, 1.82) is 0 Å². The van der Waals surface area contributed by atoms with Gasteiger partial charge in [0.25, 0.3) is 10.0 Å². The Hall–Kier alpha value is -2.99. The van der Waals surface area contributed by atoms with Crippen LogP contribution in [0.2, 0.25) is 15.1 Å². The van der Waals surface area contributed by atoms with Gasteiger partial charge in [0.05, 0.1) is 21.2 Å². The Kier molecular flexibility index (Phi) is 11.2. The van der Waals surface area contributed by atoms with Crippen LogP contribution in [-0.4, -0.2) is 44.3 Å². The van der Waals surface area contributed by atoms with Gasteiger partial charge in [0.2, 0.25) is 11.8 Å². The smallest absolute Gasteiger partial charge is 0.355 e. The van der Waals surface area contributed by atoms with E-state index >= 15 is 0 Å². The Morgan fingerprint density at radius 3 is 2.17 bits per heavy atom. The quantitative estimate of drug-likeness (QED) is 0.244.